The number of rotatable bonds is 5. The van der Waals surface area contributed by atoms with Gasteiger partial charge in [0.1, 0.15) is 0 Å². The Balaban J connectivity index is 2.33. The smallest absolute Gasteiger partial charge is 0.0681 e. The van der Waals surface area contributed by atoms with Gasteiger partial charge in [-0.15, -0.1) is 22.7 Å². The van der Waals surface area contributed by atoms with Gasteiger partial charge in [-0.3, -0.25) is 0 Å². The largest absolute Gasteiger partial charge is 0.306 e. The second kappa shape index (κ2) is 6.00. The van der Waals surface area contributed by atoms with E-state index in [1.54, 1.807) is 0 Å². The summed E-state index contributed by atoms with van der Waals surface area (Å²) in [5, 5.41) is 3.69. The van der Waals surface area contributed by atoms with Gasteiger partial charge in [0, 0.05) is 19.5 Å². The number of hydrogen-bond donors (Lipinski definition) is 1. The summed E-state index contributed by atoms with van der Waals surface area (Å²) in [5.41, 5.74) is 1.45. The van der Waals surface area contributed by atoms with Crippen molar-refractivity contribution < 1.29 is 0 Å². The van der Waals surface area contributed by atoms with Crippen LogP contribution in [0.15, 0.2) is 18.2 Å². The molecule has 2 aromatic rings. The Morgan fingerprint density at radius 2 is 1.89 bits per heavy atom. The van der Waals surface area contributed by atoms with Gasteiger partial charge >= 0.3 is 0 Å². The summed E-state index contributed by atoms with van der Waals surface area (Å²) in [6.45, 7) is 9.88. The van der Waals surface area contributed by atoms with Gasteiger partial charge in [0.15, 0.2) is 0 Å². The van der Waals surface area contributed by atoms with Crippen LogP contribution >= 0.6 is 22.7 Å². The molecule has 0 radical (unpaired) electrons. The zero-order chi connectivity index (χ0) is 13.1. The molecule has 0 saturated carbocycles. The minimum atomic E-state index is 0.369. The predicted molar refractivity (Wildman–Crippen MR) is 83.0 cm³/mol. The topological polar surface area (TPSA) is 12.0 Å². The van der Waals surface area contributed by atoms with E-state index in [4.69, 9.17) is 0 Å². The molecule has 0 amide bonds. The molecule has 1 nitrogen and oxygen atoms in total. The molecular formula is C15H21NS2. The van der Waals surface area contributed by atoms with Crippen LogP contribution in [0.3, 0.4) is 0 Å². The van der Waals surface area contributed by atoms with E-state index >= 15 is 0 Å². The lowest BCUT2D eigenvalue weighted by atomic mass is 10.1. The summed E-state index contributed by atoms with van der Waals surface area (Å²) in [6.07, 6.45) is 1.17. The van der Waals surface area contributed by atoms with Crippen molar-refractivity contribution in [2.24, 2.45) is 0 Å². The highest BCUT2D eigenvalue weighted by Crippen LogP contribution is 2.33. The maximum atomic E-state index is 3.69. The van der Waals surface area contributed by atoms with Crippen LogP contribution in [-0.2, 0) is 0 Å². The van der Waals surface area contributed by atoms with Crippen LogP contribution in [-0.4, -0.2) is 6.54 Å². The molecular weight excluding hydrogens is 258 g/mol. The predicted octanol–water partition coefficient (Wildman–Crippen LogP) is 4.82. The molecule has 1 unspecified atom stereocenters. The first-order chi connectivity index (χ1) is 8.61. The van der Waals surface area contributed by atoms with Crippen molar-refractivity contribution in [3.63, 3.8) is 0 Å². The molecule has 0 aliphatic carbocycles. The summed E-state index contributed by atoms with van der Waals surface area (Å²) < 4.78 is 0. The molecule has 0 spiro atoms. The normalized spacial score (nSPS) is 12.9. The fraction of sp³-hybridized carbons (Fsp3) is 0.467. The van der Waals surface area contributed by atoms with Gasteiger partial charge in [-0.05, 0) is 57.5 Å². The van der Waals surface area contributed by atoms with Gasteiger partial charge in [-0.1, -0.05) is 6.92 Å². The van der Waals surface area contributed by atoms with Gasteiger partial charge in [-0.2, -0.15) is 0 Å². The molecule has 98 valence electrons. The first kappa shape index (κ1) is 13.8. The monoisotopic (exact) mass is 279 g/mol. The van der Waals surface area contributed by atoms with Crippen molar-refractivity contribution in [3.8, 4) is 0 Å². The third-order valence-corrected chi connectivity index (χ3v) is 5.08. The van der Waals surface area contributed by atoms with Crippen molar-refractivity contribution >= 4 is 22.7 Å². The molecule has 0 aliphatic rings. The van der Waals surface area contributed by atoms with E-state index < -0.39 is 0 Å². The van der Waals surface area contributed by atoms with E-state index in [0.29, 0.717) is 6.04 Å². The summed E-state index contributed by atoms with van der Waals surface area (Å²) in [4.78, 5) is 5.66. The fourth-order valence-corrected chi connectivity index (χ4v) is 4.13. The van der Waals surface area contributed by atoms with Crippen LogP contribution in [0.5, 0.6) is 0 Å². The maximum absolute atomic E-state index is 3.69. The molecule has 3 heteroatoms. The molecule has 0 aromatic carbocycles. The molecule has 1 atom stereocenters. The molecule has 2 heterocycles. The third-order valence-electron chi connectivity index (χ3n) is 3.03. The van der Waals surface area contributed by atoms with Gasteiger partial charge in [0.05, 0.1) is 6.04 Å². The van der Waals surface area contributed by atoms with Crippen LogP contribution in [0.4, 0.5) is 0 Å². The van der Waals surface area contributed by atoms with Crippen molar-refractivity contribution in [2.45, 2.75) is 40.2 Å². The number of aryl methyl sites for hydroxylation is 3. The molecule has 0 fully saturated rings. The van der Waals surface area contributed by atoms with E-state index in [1.807, 2.05) is 22.7 Å². The van der Waals surface area contributed by atoms with Gasteiger partial charge in [0.2, 0.25) is 0 Å². The highest BCUT2D eigenvalue weighted by Gasteiger charge is 2.18. The molecule has 18 heavy (non-hydrogen) atoms. The van der Waals surface area contributed by atoms with Crippen molar-refractivity contribution in [2.75, 3.05) is 6.54 Å². The average Bonchev–Trinajstić information content (AvgIpc) is 2.87. The number of nitrogens with one attached hydrogen (secondary N) is 1. The Hall–Kier alpha value is -0.640. The fourth-order valence-electron chi connectivity index (χ4n) is 2.20. The minimum absolute atomic E-state index is 0.369. The Labute approximate surface area is 118 Å². The van der Waals surface area contributed by atoms with E-state index in [-0.39, 0.29) is 0 Å². The van der Waals surface area contributed by atoms with Crippen molar-refractivity contribution in [3.05, 3.63) is 43.3 Å². The van der Waals surface area contributed by atoms with Crippen LogP contribution < -0.4 is 5.32 Å². The first-order valence-corrected chi connectivity index (χ1v) is 8.11. The first-order valence-electron chi connectivity index (χ1n) is 6.48. The van der Waals surface area contributed by atoms with Gasteiger partial charge in [0.25, 0.3) is 0 Å². The zero-order valence-corrected chi connectivity index (χ0v) is 13.2. The number of hydrogen-bond acceptors (Lipinski definition) is 3. The lowest BCUT2D eigenvalue weighted by Crippen LogP contribution is -2.22. The third kappa shape index (κ3) is 3.02. The Morgan fingerprint density at radius 1 is 1.11 bits per heavy atom. The summed E-state index contributed by atoms with van der Waals surface area (Å²) in [6, 6.07) is 7.19. The van der Waals surface area contributed by atoms with Crippen molar-refractivity contribution in [1.82, 2.24) is 5.32 Å². The average molecular weight is 279 g/mol. The lowest BCUT2D eigenvalue weighted by Gasteiger charge is -2.17. The lowest BCUT2D eigenvalue weighted by molar-refractivity contribution is 0.605. The van der Waals surface area contributed by atoms with Crippen LogP contribution in [0, 0.1) is 20.8 Å². The Morgan fingerprint density at radius 3 is 2.39 bits per heavy atom. The molecule has 1 N–H and O–H groups in total. The molecule has 2 aromatic heterocycles. The second-order valence-electron chi connectivity index (χ2n) is 4.70. The van der Waals surface area contributed by atoms with E-state index in [9.17, 15) is 0 Å². The van der Waals surface area contributed by atoms with E-state index in [2.05, 4.69) is 51.2 Å². The van der Waals surface area contributed by atoms with E-state index in [0.717, 1.165) is 6.54 Å². The van der Waals surface area contributed by atoms with Crippen LogP contribution in [0.2, 0.25) is 0 Å². The molecule has 2 rings (SSSR count). The minimum Gasteiger partial charge on any atom is -0.306 e. The Kier molecular flexibility index (Phi) is 4.60. The van der Waals surface area contributed by atoms with E-state index in [1.165, 1.54) is 31.5 Å². The summed E-state index contributed by atoms with van der Waals surface area (Å²) >= 11 is 3.80. The molecule has 0 saturated heterocycles. The van der Waals surface area contributed by atoms with Crippen LogP contribution in [0.1, 0.15) is 44.5 Å². The molecule has 0 aliphatic heterocycles. The second-order valence-corrected chi connectivity index (χ2v) is 7.48. The number of thiophene rings is 2. The van der Waals surface area contributed by atoms with Crippen LogP contribution in [0.25, 0.3) is 0 Å². The van der Waals surface area contributed by atoms with Gasteiger partial charge in [-0.25, -0.2) is 0 Å². The quantitative estimate of drug-likeness (QED) is 0.827. The highest BCUT2D eigenvalue weighted by molar-refractivity contribution is 7.12. The highest BCUT2D eigenvalue weighted by atomic mass is 32.1. The SMILES string of the molecule is CCCNC(c1ccc(C)s1)c1cc(C)sc1C. The van der Waals surface area contributed by atoms with Crippen molar-refractivity contribution in [1.29, 1.82) is 0 Å². The zero-order valence-electron chi connectivity index (χ0n) is 11.5. The summed E-state index contributed by atoms with van der Waals surface area (Å²) in [7, 11) is 0. The van der Waals surface area contributed by atoms with Gasteiger partial charge < -0.3 is 5.32 Å². The standard InChI is InChI=1S/C15H21NS2/c1-5-8-16-15(14-7-6-10(2)18-14)13-9-11(3)17-12(13)4/h6-7,9,15-16H,5,8H2,1-4H3. The summed E-state index contributed by atoms with van der Waals surface area (Å²) in [5.74, 6) is 0. The molecule has 0 bridgehead atoms. The Bertz CT molecular complexity index is 510. The maximum Gasteiger partial charge on any atom is 0.0681 e.